The van der Waals surface area contributed by atoms with Crippen LogP contribution in [0.2, 0.25) is 0 Å². The largest absolute Gasteiger partial charge is 0.354 e. The van der Waals surface area contributed by atoms with Gasteiger partial charge in [0.05, 0.1) is 10.2 Å². The Labute approximate surface area is 174 Å². The predicted molar refractivity (Wildman–Crippen MR) is 119 cm³/mol. The van der Waals surface area contributed by atoms with E-state index < -0.39 is 0 Å². The zero-order valence-corrected chi connectivity index (χ0v) is 17.3. The van der Waals surface area contributed by atoms with E-state index in [0.717, 1.165) is 53.8 Å². The quantitative estimate of drug-likeness (QED) is 0.637. The maximum Gasteiger partial charge on any atom is 0.244 e. The number of carbonyl (C=O) groups is 1. The number of aromatic nitrogens is 2. The minimum absolute atomic E-state index is 0.0797. The molecule has 4 rings (SSSR count). The van der Waals surface area contributed by atoms with Gasteiger partial charge in [-0.2, -0.15) is 0 Å². The first-order valence-electron chi connectivity index (χ1n) is 9.90. The third-order valence-corrected chi connectivity index (χ3v) is 5.96. The molecule has 29 heavy (non-hydrogen) atoms. The topological polar surface area (TPSA) is 61.4 Å². The van der Waals surface area contributed by atoms with E-state index in [1.54, 1.807) is 23.5 Å². The maximum atomic E-state index is 12.3. The highest BCUT2D eigenvalue weighted by Gasteiger charge is 2.19. The molecule has 2 aromatic heterocycles. The average molecular weight is 408 g/mol. The molecule has 1 aliphatic heterocycles. The molecule has 1 aliphatic rings. The standard InChI is InChI=1S/C22H25N5OS/c1-17(16-26-12-14-27(15-13-26)20-8-4-5-11-23-20)24-21(28)9-10-22-25-18-6-2-3-7-19(18)29-22/h2-11,17H,12-16H2,1H3,(H,24,28)/b10-9+. The fraction of sp³-hybridized carbons (Fsp3) is 0.318. The van der Waals surface area contributed by atoms with Crippen molar-refractivity contribution in [2.75, 3.05) is 37.6 Å². The van der Waals surface area contributed by atoms with Gasteiger partial charge in [-0.15, -0.1) is 11.3 Å². The van der Waals surface area contributed by atoms with E-state index in [1.165, 1.54) is 0 Å². The number of hydrogen-bond acceptors (Lipinski definition) is 6. The van der Waals surface area contributed by atoms with Crippen LogP contribution in [-0.2, 0) is 4.79 Å². The molecule has 3 heterocycles. The van der Waals surface area contributed by atoms with Crippen LogP contribution in [0, 0.1) is 0 Å². The van der Waals surface area contributed by atoms with E-state index in [0.29, 0.717) is 0 Å². The summed E-state index contributed by atoms with van der Waals surface area (Å²) >= 11 is 1.59. The highest BCUT2D eigenvalue weighted by Crippen LogP contribution is 2.22. The normalized spacial score (nSPS) is 16.4. The number of thiazole rings is 1. The summed E-state index contributed by atoms with van der Waals surface area (Å²) in [7, 11) is 0. The van der Waals surface area contributed by atoms with E-state index in [1.807, 2.05) is 42.6 Å². The first-order chi connectivity index (χ1) is 14.2. The van der Waals surface area contributed by atoms with Gasteiger partial charge in [0.1, 0.15) is 10.8 Å². The number of benzene rings is 1. The predicted octanol–water partition coefficient (Wildman–Crippen LogP) is 3.03. The lowest BCUT2D eigenvalue weighted by atomic mass is 10.2. The van der Waals surface area contributed by atoms with Crippen LogP contribution in [-0.4, -0.2) is 59.5 Å². The zero-order valence-electron chi connectivity index (χ0n) is 16.5. The summed E-state index contributed by atoms with van der Waals surface area (Å²) in [6, 6.07) is 14.1. The molecule has 0 radical (unpaired) electrons. The number of hydrogen-bond donors (Lipinski definition) is 1. The van der Waals surface area contributed by atoms with Crippen molar-refractivity contribution in [3.63, 3.8) is 0 Å². The number of para-hydroxylation sites is 1. The van der Waals surface area contributed by atoms with E-state index in [9.17, 15) is 4.79 Å². The zero-order chi connectivity index (χ0) is 20.1. The van der Waals surface area contributed by atoms with Crippen molar-refractivity contribution in [3.05, 3.63) is 59.7 Å². The summed E-state index contributed by atoms with van der Waals surface area (Å²) < 4.78 is 1.13. The number of rotatable bonds is 6. The van der Waals surface area contributed by atoms with Gasteiger partial charge in [-0.25, -0.2) is 9.97 Å². The van der Waals surface area contributed by atoms with E-state index in [4.69, 9.17) is 0 Å². The molecule has 150 valence electrons. The van der Waals surface area contributed by atoms with Gasteiger partial charge in [-0.1, -0.05) is 18.2 Å². The average Bonchev–Trinajstić information content (AvgIpc) is 3.16. The number of piperazine rings is 1. The number of nitrogens with one attached hydrogen (secondary N) is 1. The number of pyridine rings is 1. The Morgan fingerprint density at radius 2 is 1.97 bits per heavy atom. The smallest absolute Gasteiger partial charge is 0.244 e. The Bertz CT molecular complexity index is 946. The van der Waals surface area contributed by atoms with Gasteiger partial charge >= 0.3 is 0 Å². The van der Waals surface area contributed by atoms with Crippen molar-refractivity contribution in [1.82, 2.24) is 20.2 Å². The van der Waals surface area contributed by atoms with Crippen LogP contribution in [0.5, 0.6) is 0 Å². The lowest BCUT2D eigenvalue weighted by molar-refractivity contribution is -0.117. The first-order valence-corrected chi connectivity index (χ1v) is 10.7. The van der Waals surface area contributed by atoms with Crippen LogP contribution in [0.3, 0.4) is 0 Å². The fourth-order valence-corrected chi connectivity index (χ4v) is 4.40. The van der Waals surface area contributed by atoms with Crippen molar-refractivity contribution >= 4 is 39.4 Å². The van der Waals surface area contributed by atoms with E-state index in [2.05, 4.69) is 38.1 Å². The summed E-state index contributed by atoms with van der Waals surface area (Å²) in [6.45, 7) is 6.74. The molecule has 1 N–H and O–H groups in total. The van der Waals surface area contributed by atoms with Crippen molar-refractivity contribution < 1.29 is 4.79 Å². The summed E-state index contributed by atoms with van der Waals surface area (Å²) in [5.41, 5.74) is 0.968. The van der Waals surface area contributed by atoms with Gasteiger partial charge in [-0.3, -0.25) is 9.69 Å². The minimum Gasteiger partial charge on any atom is -0.354 e. The number of nitrogens with zero attached hydrogens (tertiary/aromatic N) is 4. The van der Waals surface area contributed by atoms with Crippen molar-refractivity contribution in [3.8, 4) is 0 Å². The second-order valence-corrected chi connectivity index (χ2v) is 8.30. The van der Waals surface area contributed by atoms with Gasteiger partial charge < -0.3 is 10.2 Å². The Balaban J connectivity index is 1.23. The van der Waals surface area contributed by atoms with E-state index in [-0.39, 0.29) is 11.9 Å². The lowest BCUT2D eigenvalue weighted by Gasteiger charge is -2.36. The van der Waals surface area contributed by atoms with Crippen molar-refractivity contribution in [2.45, 2.75) is 13.0 Å². The molecule has 1 aromatic carbocycles. The molecule has 1 atom stereocenters. The van der Waals surface area contributed by atoms with Gasteiger partial charge in [0, 0.05) is 51.0 Å². The lowest BCUT2D eigenvalue weighted by Crippen LogP contribution is -2.50. The number of anilines is 1. The Morgan fingerprint density at radius 1 is 1.17 bits per heavy atom. The number of amides is 1. The summed E-state index contributed by atoms with van der Waals surface area (Å²) in [5.74, 6) is 0.956. The summed E-state index contributed by atoms with van der Waals surface area (Å²) in [6.07, 6.45) is 5.20. The monoisotopic (exact) mass is 407 g/mol. The van der Waals surface area contributed by atoms with Gasteiger partial charge in [-0.05, 0) is 37.3 Å². The molecule has 1 saturated heterocycles. The van der Waals surface area contributed by atoms with Crippen LogP contribution in [0.25, 0.3) is 16.3 Å². The van der Waals surface area contributed by atoms with Gasteiger partial charge in [0.25, 0.3) is 0 Å². The first kappa shape index (κ1) is 19.5. The van der Waals surface area contributed by atoms with Crippen LogP contribution in [0.15, 0.2) is 54.7 Å². The van der Waals surface area contributed by atoms with Gasteiger partial charge in [0.2, 0.25) is 5.91 Å². The molecule has 0 spiro atoms. The highest BCUT2D eigenvalue weighted by atomic mass is 32.1. The molecule has 1 fully saturated rings. The van der Waals surface area contributed by atoms with Crippen molar-refractivity contribution in [2.24, 2.45) is 0 Å². The molecule has 1 unspecified atom stereocenters. The molecule has 7 heteroatoms. The van der Waals surface area contributed by atoms with E-state index >= 15 is 0 Å². The molecular formula is C22H25N5OS. The molecule has 1 amide bonds. The Kier molecular flexibility index (Phi) is 6.17. The summed E-state index contributed by atoms with van der Waals surface area (Å²) in [5, 5.41) is 3.90. The second-order valence-electron chi connectivity index (χ2n) is 7.24. The van der Waals surface area contributed by atoms with Crippen LogP contribution in [0.4, 0.5) is 5.82 Å². The molecule has 3 aromatic rings. The van der Waals surface area contributed by atoms with Crippen LogP contribution < -0.4 is 10.2 Å². The minimum atomic E-state index is -0.0797. The fourth-order valence-electron chi connectivity index (χ4n) is 3.53. The number of fused-ring (bicyclic) bond motifs is 1. The Hall–Kier alpha value is -2.77. The SMILES string of the molecule is CC(CN1CCN(c2ccccn2)CC1)NC(=O)/C=C/c1nc2ccccc2s1. The third kappa shape index (κ3) is 5.19. The maximum absolute atomic E-state index is 12.3. The Morgan fingerprint density at radius 3 is 2.72 bits per heavy atom. The van der Waals surface area contributed by atoms with Crippen LogP contribution in [0.1, 0.15) is 11.9 Å². The molecule has 0 aliphatic carbocycles. The number of carbonyl (C=O) groups excluding carboxylic acids is 1. The second kappa shape index (κ2) is 9.15. The molecule has 6 nitrogen and oxygen atoms in total. The van der Waals surface area contributed by atoms with Gasteiger partial charge in [0.15, 0.2) is 0 Å². The van der Waals surface area contributed by atoms with Crippen LogP contribution >= 0.6 is 11.3 Å². The molecular weight excluding hydrogens is 382 g/mol. The molecule has 0 saturated carbocycles. The highest BCUT2D eigenvalue weighted by molar-refractivity contribution is 7.19. The summed E-state index contributed by atoms with van der Waals surface area (Å²) in [4.78, 5) is 25.9. The van der Waals surface area contributed by atoms with Crippen molar-refractivity contribution in [1.29, 1.82) is 0 Å². The molecule has 0 bridgehead atoms. The third-order valence-electron chi connectivity index (χ3n) is 4.95.